The number of carbonyl (C=O) groups excluding carboxylic acids is 1. The van der Waals surface area contributed by atoms with Crippen LogP contribution in [-0.4, -0.2) is 12.6 Å². The lowest BCUT2D eigenvalue weighted by atomic mass is 10.2. The molecule has 0 saturated heterocycles. The van der Waals surface area contributed by atoms with Gasteiger partial charge in [-0.3, -0.25) is 0 Å². The minimum atomic E-state index is -0.832. The number of hydrogen-bond donors (Lipinski definition) is 0. The minimum absolute atomic E-state index is 0.100. The van der Waals surface area contributed by atoms with E-state index in [1.54, 1.807) is 6.92 Å². The van der Waals surface area contributed by atoms with E-state index in [0.717, 1.165) is 6.07 Å². The summed E-state index contributed by atoms with van der Waals surface area (Å²) >= 11 is 0. The van der Waals surface area contributed by atoms with Gasteiger partial charge in [-0.25, -0.2) is 14.0 Å². The van der Waals surface area contributed by atoms with Crippen molar-refractivity contribution in [1.82, 2.24) is 0 Å². The Balaban J connectivity index is 2.60. The number of rotatable bonds is 2. The molecule has 2 rings (SSSR count). The van der Waals surface area contributed by atoms with Crippen molar-refractivity contribution in [1.29, 1.82) is 0 Å². The second kappa shape index (κ2) is 4.37. The molecule has 0 aliphatic heterocycles. The monoisotopic (exact) mass is 236 g/mol. The first kappa shape index (κ1) is 11.3. The fraction of sp³-hybridized carbons (Fsp3) is 0.167. The molecule has 0 N–H and O–H groups in total. The van der Waals surface area contributed by atoms with Crippen molar-refractivity contribution in [3.63, 3.8) is 0 Å². The van der Waals surface area contributed by atoms with E-state index in [4.69, 9.17) is 9.15 Å². The van der Waals surface area contributed by atoms with Crippen LogP contribution in [0.1, 0.15) is 17.3 Å². The highest BCUT2D eigenvalue weighted by molar-refractivity contribution is 5.92. The third-order valence-electron chi connectivity index (χ3n) is 2.19. The van der Waals surface area contributed by atoms with Crippen LogP contribution in [0.25, 0.3) is 11.0 Å². The summed E-state index contributed by atoms with van der Waals surface area (Å²) in [4.78, 5) is 22.9. The van der Waals surface area contributed by atoms with Crippen molar-refractivity contribution < 1.29 is 18.3 Å². The van der Waals surface area contributed by atoms with Crippen LogP contribution in [0.2, 0.25) is 0 Å². The Kier molecular flexibility index (Phi) is 2.91. The first-order valence-electron chi connectivity index (χ1n) is 5.02. The maximum atomic E-state index is 12.9. The van der Waals surface area contributed by atoms with E-state index < -0.39 is 17.4 Å². The number of halogens is 1. The second-order valence-electron chi connectivity index (χ2n) is 3.35. The molecule has 0 aliphatic rings. The second-order valence-corrected chi connectivity index (χ2v) is 3.35. The lowest BCUT2D eigenvalue weighted by molar-refractivity contribution is 0.0522. The van der Waals surface area contributed by atoms with Gasteiger partial charge < -0.3 is 9.15 Å². The van der Waals surface area contributed by atoms with E-state index in [0.29, 0.717) is 5.39 Å². The highest BCUT2D eigenvalue weighted by Crippen LogP contribution is 2.15. The molecule has 0 atom stereocenters. The first-order valence-corrected chi connectivity index (χ1v) is 5.02. The molecule has 1 aromatic carbocycles. The fourth-order valence-corrected chi connectivity index (χ4v) is 1.44. The van der Waals surface area contributed by atoms with E-state index in [9.17, 15) is 14.0 Å². The third kappa shape index (κ3) is 2.18. The van der Waals surface area contributed by atoms with Gasteiger partial charge in [0.05, 0.1) is 6.61 Å². The molecule has 0 spiro atoms. The van der Waals surface area contributed by atoms with Gasteiger partial charge >= 0.3 is 11.6 Å². The van der Waals surface area contributed by atoms with Crippen LogP contribution in [0.3, 0.4) is 0 Å². The van der Waals surface area contributed by atoms with E-state index in [1.807, 2.05) is 0 Å². The maximum absolute atomic E-state index is 12.9. The smallest absolute Gasteiger partial charge is 0.351 e. The van der Waals surface area contributed by atoms with Crippen molar-refractivity contribution in [2.45, 2.75) is 6.92 Å². The van der Waals surface area contributed by atoms with Crippen LogP contribution in [0.4, 0.5) is 4.39 Å². The number of benzene rings is 1. The maximum Gasteiger partial charge on any atom is 0.351 e. The van der Waals surface area contributed by atoms with Gasteiger partial charge in [0.2, 0.25) is 0 Å². The Hall–Kier alpha value is -2.17. The molecule has 0 bridgehead atoms. The van der Waals surface area contributed by atoms with Crippen LogP contribution in [0.15, 0.2) is 33.5 Å². The normalized spacial score (nSPS) is 10.5. The first-order chi connectivity index (χ1) is 8.11. The zero-order valence-corrected chi connectivity index (χ0v) is 9.03. The van der Waals surface area contributed by atoms with Gasteiger partial charge in [-0.2, -0.15) is 0 Å². The van der Waals surface area contributed by atoms with E-state index in [-0.39, 0.29) is 17.8 Å². The lowest BCUT2D eigenvalue weighted by Crippen LogP contribution is -2.16. The van der Waals surface area contributed by atoms with Crippen molar-refractivity contribution in [2.75, 3.05) is 6.61 Å². The molecule has 4 nitrogen and oxygen atoms in total. The number of carbonyl (C=O) groups is 1. The SMILES string of the molecule is CCOC(=O)c1cc2ccc(F)cc2oc1=O. The molecule has 1 aromatic heterocycles. The number of fused-ring (bicyclic) bond motifs is 1. The van der Waals surface area contributed by atoms with Gasteiger partial charge in [0.1, 0.15) is 17.0 Å². The molecule has 1 heterocycles. The molecular weight excluding hydrogens is 227 g/mol. The Bertz CT molecular complexity index is 630. The molecule has 5 heteroatoms. The molecule has 17 heavy (non-hydrogen) atoms. The summed E-state index contributed by atoms with van der Waals surface area (Å²) in [6.07, 6.45) is 0. The van der Waals surface area contributed by atoms with Gasteiger partial charge in [0.15, 0.2) is 0 Å². The van der Waals surface area contributed by atoms with E-state index >= 15 is 0 Å². The largest absolute Gasteiger partial charge is 0.462 e. The summed E-state index contributed by atoms with van der Waals surface area (Å²) in [7, 11) is 0. The van der Waals surface area contributed by atoms with Crippen LogP contribution >= 0.6 is 0 Å². The van der Waals surface area contributed by atoms with Gasteiger partial charge in [-0.05, 0) is 25.1 Å². The van der Waals surface area contributed by atoms with Gasteiger partial charge in [-0.15, -0.1) is 0 Å². The lowest BCUT2D eigenvalue weighted by Gasteiger charge is -2.02. The quantitative estimate of drug-likeness (QED) is 0.592. The van der Waals surface area contributed by atoms with Crippen LogP contribution in [-0.2, 0) is 4.74 Å². The molecular formula is C12H9FO4. The number of esters is 1. The highest BCUT2D eigenvalue weighted by Gasteiger charge is 2.14. The standard InChI is InChI=1S/C12H9FO4/c1-2-16-11(14)9-5-7-3-4-8(13)6-10(7)17-12(9)15/h3-6H,2H2,1H3. The number of hydrogen-bond acceptors (Lipinski definition) is 4. The van der Waals surface area contributed by atoms with Crippen LogP contribution < -0.4 is 5.63 Å². The summed E-state index contributed by atoms with van der Waals surface area (Å²) in [6.45, 7) is 1.80. The Morgan fingerprint density at radius 1 is 1.41 bits per heavy atom. The molecule has 0 fully saturated rings. The molecule has 0 saturated carbocycles. The van der Waals surface area contributed by atoms with Crippen molar-refractivity contribution >= 4 is 16.9 Å². The van der Waals surface area contributed by atoms with Crippen molar-refractivity contribution in [3.05, 3.63) is 46.1 Å². The third-order valence-corrected chi connectivity index (χ3v) is 2.19. The Labute approximate surface area is 95.6 Å². The summed E-state index contributed by atoms with van der Waals surface area (Å²) in [6, 6.07) is 5.07. The van der Waals surface area contributed by atoms with Gasteiger partial charge in [0, 0.05) is 11.5 Å². The highest BCUT2D eigenvalue weighted by atomic mass is 19.1. The predicted molar refractivity (Wildman–Crippen MR) is 58.4 cm³/mol. The molecule has 0 unspecified atom stereocenters. The van der Waals surface area contributed by atoms with Crippen molar-refractivity contribution in [3.8, 4) is 0 Å². The van der Waals surface area contributed by atoms with Crippen LogP contribution in [0.5, 0.6) is 0 Å². The summed E-state index contributed by atoms with van der Waals surface area (Å²) in [5.74, 6) is -1.25. The molecule has 88 valence electrons. The average molecular weight is 236 g/mol. The summed E-state index contributed by atoms with van der Waals surface area (Å²) in [5, 5.41) is 0.467. The van der Waals surface area contributed by atoms with Gasteiger partial charge in [0.25, 0.3) is 0 Å². The Morgan fingerprint density at radius 3 is 2.88 bits per heavy atom. The van der Waals surface area contributed by atoms with E-state index in [2.05, 4.69) is 0 Å². The summed E-state index contributed by atoms with van der Waals surface area (Å²) < 4.78 is 22.4. The predicted octanol–water partition coefficient (Wildman–Crippen LogP) is 2.11. The van der Waals surface area contributed by atoms with Gasteiger partial charge in [-0.1, -0.05) is 0 Å². The molecule has 0 radical (unpaired) electrons. The topological polar surface area (TPSA) is 56.5 Å². The number of ether oxygens (including phenoxy) is 1. The molecule has 0 aliphatic carbocycles. The average Bonchev–Trinajstić information content (AvgIpc) is 2.28. The molecule has 2 aromatic rings. The fourth-order valence-electron chi connectivity index (χ4n) is 1.44. The van der Waals surface area contributed by atoms with Crippen LogP contribution in [0, 0.1) is 5.82 Å². The summed E-state index contributed by atoms with van der Waals surface area (Å²) in [5.41, 5.74) is -0.921. The van der Waals surface area contributed by atoms with E-state index in [1.165, 1.54) is 18.2 Å². The zero-order valence-electron chi connectivity index (χ0n) is 9.03. The Morgan fingerprint density at radius 2 is 2.18 bits per heavy atom. The zero-order chi connectivity index (χ0) is 12.4. The minimum Gasteiger partial charge on any atom is -0.462 e. The molecule has 0 amide bonds. The van der Waals surface area contributed by atoms with Crippen molar-refractivity contribution in [2.24, 2.45) is 0 Å².